The smallest absolute Gasteiger partial charge is 0.0929 e. The van der Waals surface area contributed by atoms with Gasteiger partial charge in [-0.2, -0.15) is 5.10 Å². The molecule has 2 N–H and O–H groups in total. The summed E-state index contributed by atoms with van der Waals surface area (Å²) in [7, 11) is 0. The lowest BCUT2D eigenvalue weighted by Gasteiger charge is -2.00. The highest BCUT2D eigenvalue weighted by molar-refractivity contribution is 5.09. The van der Waals surface area contributed by atoms with Gasteiger partial charge in [0.05, 0.1) is 12.3 Å². The fourth-order valence-corrected chi connectivity index (χ4v) is 0.673. The van der Waals surface area contributed by atoms with E-state index in [1.165, 1.54) is 0 Å². The summed E-state index contributed by atoms with van der Waals surface area (Å²) in [5.74, 6) is 2.36. The Morgan fingerprint density at radius 3 is 3.20 bits per heavy atom. The maximum atomic E-state index is 9.21. The van der Waals surface area contributed by atoms with Gasteiger partial charge >= 0.3 is 0 Å². The number of nitrogens with zero attached hydrogens (tertiary/aromatic N) is 1. The second kappa shape index (κ2) is 3.04. The lowest BCUT2D eigenvalue weighted by molar-refractivity contribution is 0.184. The molecule has 0 aromatic carbocycles. The summed E-state index contributed by atoms with van der Waals surface area (Å²) < 4.78 is 0. The van der Waals surface area contributed by atoms with E-state index in [1.807, 2.05) is 0 Å². The number of H-pyrrole nitrogens is 1. The fourth-order valence-electron chi connectivity index (χ4n) is 0.673. The molecule has 1 unspecified atom stereocenters. The Balaban J connectivity index is 2.61. The average Bonchev–Trinajstić information content (AvgIpc) is 2.38. The Hall–Kier alpha value is -1.27. The van der Waals surface area contributed by atoms with Crippen LogP contribution in [0, 0.1) is 12.3 Å². The number of terminal acetylenes is 1. The zero-order valence-electron chi connectivity index (χ0n) is 5.41. The zero-order valence-corrected chi connectivity index (χ0v) is 5.41. The third-order valence-corrected chi connectivity index (χ3v) is 1.22. The van der Waals surface area contributed by atoms with Crippen molar-refractivity contribution in [2.24, 2.45) is 0 Å². The molecule has 0 radical (unpaired) electrons. The second-order valence-corrected chi connectivity index (χ2v) is 1.96. The van der Waals surface area contributed by atoms with Crippen molar-refractivity contribution in [1.82, 2.24) is 10.2 Å². The quantitative estimate of drug-likeness (QED) is 0.580. The number of aliphatic hydroxyl groups is 1. The number of hydrogen-bond acceptors (Lipinski definition) is 2. The van der Waals surface area contributed by atoms with Crippen molar-refractivity contribution in [2.75, 3.05) is 0 Å². The first-order valence-corrected chi connectivity index (χ1v) is 2.95. The largest absolute Gasteiger partial charge is 0.387 e. The van der Waals surface area contributed by atoms with Crippen LogP contribution in [0.4, 0.5) is 0 Å². The normalized spacial score (nSPS) is 12.4. The molecule has 3 nitrogen and oxygen atoms in total. The SMILES string of the molecule is C#CCC(O)c1cn[nH]c1. The number of aromatic amines is 1. The summed E-state index contributed by atoms with van der Waals surface area (Å²) in [6, 6.07) is 0. The first-order valence-electron chi connectivity index (χ1n) is 2.95. The molecule has 52 valence electrons. The van der Waals surface area contributed by atoms with E-state index in [1.54, 1.807) is 12.4 Å². The van der Waals surface area contributed by atoms with Crippen LogP contribution in [-0.2, 0) is 0 Å². The predicted octanol–water partition coefficient (Wildman–Crippen LogP) is 0.466. The van der Waals surface area contributed by atoms with Crippen molar-refractivity contribution in [2.45, 2.75) is 12.5 Å². The molecule has 1 rings (SSSR count). The van der Waals surface area contributed by atoms with Gasteiger partial charge in [-0.25, -0.2) is 0 Å². The van der Waals surface area contributed by atoms with Crippen LogP contribution in [0.5, 0.6) is 0 Å². The molecule has 0 aliphatic rings. The number of aliphatic hydroxyl groups excluding tert-OH is 1. The van der Waals surface area contributed by atoms with E-state index in [2.05, 4.69) is 16.1 Å². The molecule has 0 aliphatic carbocycles. The second-order valence-electron chi connectivity index (χ2n) is 1.96. The first kappa shape index (κ1) is 6.84. The van der Waals surface area contributed by atoms with E-state index in [9.17, 15) is 5.11 Å². The molecule has 1 aromatic heterocycles. The summed E-state index contributed by atoms with van der Waals surface area (Å²) in [6.07, 6.45) is 7.93. The minimum Gasteiger partial charge on any atom is -0.387 e. The lowest BCUT2D eigenvalue weighted by atomic mass is 10.1. The molecule has 3 heteroatoms. The minimum absolute atomic E-state index is 0.333. The van der Waals surface area contributed by atoms with E-state index in [0.717, 1.165) is 5.56 Å². The fraction of sp³-hybridized carbons (Fsp3) is 0.286. The standard InChI is InChI=1S/C7H8N2O/c1-2-3-7(10)6-4-8-9-5-6/h1,4-5,7,10H,3H2,(H,8,9). The molecular formula is C7H8N2O. The molecule has 0 fully saturated rings. The third kappa shape index (κ3) is 1.36. The van der Waals surface area contributed by atoms with Gasteiger partial charge in [0.2, 0.25) is 0 Å². The number of aromatic nitrogens is 2. The Morgan fingerprint density at radius 2 is 2.70 bits per heavy atom. The first-order chi connectivity index (χ1) is 4.84. The Morgan fingerprint density at radius 1 is 1.90 bits per heavy atom. The molecule has 1 atom stereocenters. The maximum Gasteiger partial charge on any atom is 0.0929 e. The van der Waals surface area contributed by atoms with Crippen molar-refractivity contribution >= 4 is 0 Å². The van der Waals surface area contributed by atoms with Gasteiger partial charge in [0, 0.05) is 18.2 Å². The summed E-state index contributed by atoms with van der Waals surface area (Å²) in [6.45, 7) is 0. The van der Waals surface area contributed by atoms with Crippen molar-refractivity contribution in [3.63, 3.8) is 0 Å². The van der Waals surface area contributed by atoms with Gasteiger partial charge in [0.1, 0.15) is 0 Å². The predicted molar refractivity (Wildman–Crippen MR) is 37.0 cm³/mol. The summed E-state index contributed by atoms with van der Waals surface area (Å²) in [4.78, 5) is 0. The molecule has 0 saturated heterocycles. The monoisotopic (exact) mass is 136 g/mol. The van der Waals surface area contributed by atoms with Crippen LogP contribution in [0.15, 0.2) is 12.4 Å². The third-order valence-electron chi connectivity index (χ3n) is 1.22. The number of nitrogens with one attached hydrogen (secondary N) is 1. The van der Waals surface area contributed by atoms with Gasteiger partial charge in [-0.05, 0) is 0 Å². The lowest BCUT2D eigenvalue weighted by Crippen LogP contribution is -1.92. The number of hydrogen-bond donors (Lipinski definition) is 2. The van der Waals surface area contributed by atoms with Gasteiger partial charge in [0.25, 0.3) is 0 Å². The van der Waals surface area contributed by atoms with Crippen LogP contribution in [0.2, 0.25) is 0 Å². The van der Waals surface area contributed by atoms with Crippen molar-refractivity contribution < 1.29 is 5.11 Å². The van der Waals surface area contributed by atoms with E-state index in [4.69, 9.17) is 6.42 Å². The zero-order chi connectivity index (χ0) is 7.40. The van der Waals surface area contributed by atoms with Gasteiger partial charge in [-0.1, -0.05) is 0 Å². The summed E-state index contributed by atoms with van der Waals surface area (Å²) in [5, 5.41) is 15.5. The Labute approximate surface area is 59.1 Å². The van der Waals surface area contributed by atoms with Crippen LogP contribution >= 0.6 is 0 Å². The number of rotatable bonds is 2. The highest BCUT2D eigenvalue weighted by Crippen LogP contribution is 2.12. The maximum absolute atomic E-state index is 9.21. The van der Waals surface area contributed by atoms with E-state index in [-0.39, 0.29) is 0 Å². The Kier molecular flexibility index (Phi) is 2.08. The molecule has 0 aliphatic heterocycles. The molecule has 0 saturated carbocycles. The summed E-state index contributed by atoms with van der Waals surface area (Å²) >= 11 is 0. The van der Waals surface area contributed by atoms with Crippen molar-refractivity contribution in [3.8, 4) is 12.3 Å². The molecule has 0 amide bonds. The Bertz CT molecular complexity index is 222. The van der Waals surface area contributed by atoms with Crippen LogP contribution in [0.1, 0.15) is 18.1 Å². The molecule has 10 heavy (non-hydrogen) atoms. The van der Waals surface area contributed by atoms with Gasteiger partial charge in [-0.15, -0.1) is 12.3 Å². The summed E-state index contributed by atoms with van der Waals surface area (Å²) in [5.41, 5.74) is 0.734. The van der Waals surface area contributed by atoms with Crippen LogP contribution in [0.3, 0.4) is 0 Å². The van der Waals surface area contributed by atoms with Gasteiger partial charge in [-0.3, -0.25) is 5.10 Å². The molecule has 1 aromatic rings. The average molecular weight is 136 g/mol. The van der Waals surface area contributed by atoms with Crippen molar-refractivity contribution in [3.05, 3.63) is 18.0 Å². The van der Waals surface area contributed by atoms with Crippen LogP contribution < -0.4 is 0 Å². The van der Waals surface area contributed by atoms with Crippen LogP contribution in [0.25, 0.3) is 0 Å². The molecule has 0 spiro atoms. The topological polar surface area (TPSA) is 48.9 Å². The minimum atomic E-state index is -0.580. The van der Waals surface area contributed by atoms with Crippen molar-refractivity contribution in [1.29, 1.82) is 0 Å². The van der Waals surface area contributed by atoms with Gasteiger partial charge < -0.3 is 5.11 Å². The highest BCUT2D eigenvalue weighted by Gasteiger charge is 2.04. The van der Waals surface area contributed by atoms with E-state index in [0.29, 0.717) is 6.42 Å². The highest BCUT2D eigenvalue weighted by atomic mass is 16.3. The molecular weight excluding hydrogens is 128 g/mol. The van der Waals surface area contributed by atoms with Crippen LogP contribution in [-0.4, -0.2) is 15.3 Å². The molecule has 0 bridgehead atoms. The van der Waals surface area contributed by atoms with E-state index >= 15 is 0 Å². The molecule has 1 heterocycles. The van der Waals surface area contributed by atoms with Gasteiger partial charge in [0.15, 0.2) is 0 Å². The van der Waals surface area contributed by atoms with E-state index < -0.39 is 6.10 Å².